The molecule has 6 nitrogen and oxygen atoms in total. The molecule has 19 heavy (non-hydrogen) atoms. The zero-order valence-electron chi connectivity index (χ0n) is 9.92. The van der Waals surface area contributed by atoms with E-state index in [0.29, 0.717) is 3.57 Å². The Labute approximate surface area is 124 Å². The van der Waals surface area contributed by atoms with E-state index in [-0.39, 0.29) is 16.9 Å². The fourth-order valence-electron chi connectivity index (χ4n) is 1.35. The molecule has 0 fully saturated rings. The molecule has 8 heteroatoms. The van der Waals surface area contributed by atoms with Gasteiger partial charge < -0.3 is 5.11 Å². The summed E-state index contributed by atoms with van der Waals surface area (Å²) in [5.41, 5.74) is -0.0728. The van der Waals surface area contributed by atoms with Crippen LogP contribution in [0, 0.1) is 14.9 Å². The number of hydrogen-bond acceptors (Lipinski definition) is 4. The molecule has 0 heterocycles. The molecular formula is C11H11IN2O4S. The SMILES string of the molecule is CC(CC#N)NS(=O)(=O)c1ccc(I)c(C(=O)O)c1. The molecule has 1 unspecified atom stereocenters. The molecule has 0 aromatic heterocycles. The van der Waals surface area contributed by atoms with Crippen LogP contribution in [0.3, 0.4) is 0 Å². The molecule has 0 aliphatic rings. The van der Waals surface area contributed by atoms with Gasteiger partial charge >= 0.3 is 5.97 Å². The summed E-state index contributed by atoms with van der Waals surface area (Å²) >= 11 is 1.82. The van der Waals surface area contributed by atoms with Crippen molar-refractivity contribution in [1.29, 1.82) is 5.26 Å². The van der Waals surface area contributed by atoms with Crippen molar-refractivity contribution in [2.45, 2.75) is 24.3 Å². The first-order chi connectivity index (χ1) is 8.77. The van der Waals surface area contributed by atoms with Crippen LogP contribution < -0.4 is 4.72 Å². The Balaban J connectivity index is 3.13. The summed E-state index contributed by atoms with van der Waals surface area (Å²) in [7, 11) is -3.82. The van der Waals surface area contributed by atoms with E-state index in [4.69, 9.17) is 10.4 Å². The van der Waals surface area contributed by atoms with Crippen LogP contribution in [-0.2, 0) is 10.0 Å². The Morgan fingerprint density at radius 2 is 2.21 bits per heavy atom. The molecule has 1 aromatic rings. The molecule has 0 amide bonds. The third-order valence-corrected chi connectivity index (χ3v) is 4.76. The first-order valence-electron chi connectivity index (χ1n) is 5.20. The highest BCUT2D eigenvalue weighted by Gasteiger charge is 2.20. The van der Waals surface area contributed by atoms with Gasteiger partial charge in [0.2, 0.25) is 10.0 Å². The normalized spacial score (nSPS) is 12.7. The molecule has 0 aliphatic heterocycles. The van der Waals surface area contributed by atoms with E-state index in [1.807, 2.05) is 28.7 Å². The summed E-state index contributed by atoms with van der Waals surface area (Å²) in [6, 6.07) is 5.17. The molecule has 102 valence electrons. The van der Waals surface area contributed by atoms with E-state index in [1.54, 1.807) is 6.92 Å². The number of carboxylic acids is 1. The van der Waals surface area contributed by atoms with E-state index in [2.05, 4.69) is 4.72 Å². The smallest absolute Gasteiger partial charge is 0.336 e. The molecular weight excluding hydrogens is 383 g/mol. The minimum atomic E-state index is -3.82. The van der Waals surface area contributed by atoms with Gasteiger partial charge in [0, 0.05) is 9.61 Å². The second-order valence-corrected chi connectivity index (χ2v) is 6.71. The van der Waals surface area contributed by atoms with Gasteiger partial charge in [-0.1, -0.05) is 0 Å². The lowest BCUT2D eigenvalue weighted by Gasteiger charge is -2.12. The Morgan fingerprint density at radius 1 is 1.58 bits per heavy atom. The summed E-state index contributed by atoms with van der Waals surface area (Å²) < 4.78 is 26.7. The van der Waals surface area contributed by atoms with Gasteiger partial charge in [-0.2, -0.15) is 5.26 Å². The Morgan fingerprint density at radius 3 is 2.74 bits per heavy atom. The standard InChI is InChI=1S/C11H11IN2O4S/c1-7(4-5-13)14-19(17,18)8-2-3-10(12)9(6-8)11(15)16/h2-3,6-7,14H,4H2,1H3,(H,15,16). The monoisotopic (exact) mass is 394 g/mol. The lowest BCUT2D eigenvalue weighted by Crippen LogP contribution is -2.32. The van der Waals surface area contributed by atoms with Crippen molar-refractivity contribution in [2.24, 2.45) is 0 Å². The molecule has 0 saturated heterocycles. The Bertz CT molecular complexity index is 637. The molecule has 1 rings (SSSR count). The van der Waals surface area contributed by atoms with Gasteiger partial charge in [-0.15, -0.1) is 0 Å². The number of hydrogen-bond donors (Lipinski definition) is 2. The van der Waals surface area contributed by atoms with Crippen LogP contribution in [0.4, 0.5) is 0 Å². The van der Waals surface area contributed by atoms with Crippen molar-refractivity contribution >= 4 is 38.6 Å². The molecule has 1 aromatic carbocycles. The van der Waals surface area contributed by atoms with E-state index < -0.39 is 22.0 Å². The van der Waals surface area contributed by atoms with Crippen LogP contribution in [0.25, 0.3) is 0 Å². The van der Waals surface area contributed by atoms with Gasteiger partial charge in [0.15, 0.2) is 0 Å². The first-order valence-corrected chi connectivity index (χ1v) is 7.76. The quantitative estimate of drug-likeness (QED) is 0.738. The van der Waals surface area contributed by atoms with Crippen LogP contribution in [-0.4, -0.2) is 25.5 Å². The number of carbonyl (C=O) groups is 1. The second kappa shape index (κ2) is 6.31. The predicted molar refractivity (Wildman–Crippen MR) is 76.1 cm³/mol. The Kier molecular flexibility index (Phi) is 5.28. The van der Waals surface area contributed by atoms with Gasteiger partial charge in [0.1, 0.15) is 0 Å². The van der Waals surface area contributed by atoms with Crippen LogP contribution in [0.5, 0.6) is 0 Å². The molecule has 0 saturated carbocycles. The summed E-state index contributed by atoms with van der Waals surface area (Å²) in [6.07, 6.45) is 0.0371. The van der Waals surface area contributed by atoms with Crippen molar-refractivity contribution in [2.75, 3.05) is 0 Å². The van der Waals surface area contributed by atoms with Crippen LogP contribution in [0.1, 0.15) is 23.7 Å². The first kappa shape index (κ1) is 15.9. The van der Waals surface area contributed by atoms with Crippen LogP contribution in [0.2, 0.25) is 0 Å². The molecule has 0 bridgehead atoms. The van der Waals surface area contributed by atoms with E-state index in [1.165, 1.54) is 12.1 Å². The van der Waals surface area contributed by atoms with Crippen LogP contribution in [0.15, 0.2) is 23.1 Å². The highest BCUT2D eigenvalue weighted by Crippen LogP contribution is 2.18. The number of carboxylic acid groups (broad SMARTS) is 1. The number of benzene rings is 1. The topological polar surface area (TPSA) is 107 Å². The minimum absolute atomic E-state index is 0.0371. The Hall–Kier alpha value is -1.18. The predicted octanol–water partition coefficient (Wildman–Crippen LogP) is 1.57. The average molecular weight is 394 g/mol. The third kappa shape index (κ3) is 4.15. The van der Waals surface area contributed by atoms with Crippen molar-refractivity contribution in [3.05, 3.63) is 27.3 Å². The van der Waals surface area contributed by atoms with Crippen LogP contribution >= 0.6 is 22.6 Å². The number of nitrogens with zero attached hydrogens (tertiary/aromatic N) is 1. The second-order valence-electron chi connectivity index (χ2n) is 3.83. The van der Waals surface area contributed by atoms with Crippen molar-refractivity contribution in [3.63, 3.8) is 0 Å². The molecule has 0 radical (unpaired) electrons. The lowest BCUT2D eigenvalue weighted by molar-refractivity contribution is 0.0695. The molecule has 1 atom stereocenters. The zero-order valence-corrected chi connectivity index (χ0v) is 12.9. The minimum Gasteiger partial charge on any atom is -0.478 e. The fourth-order valence-corrected chi connectivity index (χ4v) is 3.18. The summed E-state index contributed by atoms with van der Waals surface area (Å²) in [5.74, 6) is -1.19. The van der Waals surface area contributed by atoms with E-state index >= 15 is 0 Å². The number of rotatable bonds is 5. The van der Waals surface area contributed by atoms with Gasteiger partial charge in [0.25, 0.3) is 0 Å². The third-order valence-electron chi connectivity index (χ3n) is 2.23. The summed E-state index contributed by atoms with van der Waals surface area (Å²) in [5, 5.41) is 17.5. The maximum absolute atomic E-state index is 12.0. The van der Waals surface area contributed by atoms with Gasteiger partial charge in [-0.25, -0.2) is 17.9 Å². The number of aromatic carboxylic acids is 1. The zero-order chi connectivity index (χ0) is 14.6. The number of nitrogens with one attached hydrogen (secondary N) is 1. The lowest BCUT2D eigenvalue weighted by atomic mass is 10.2. The van der Waals surface area contributed by atoms with Gasteiger partial charge in [-0.3, -0.25) is 0 Å². The highest BCUT2D eigenvalue weighted by atomic mass is 127. The number of sulfonamides is 1. The largest absolute Gasteiger partial charge is 0.478 e. The van der Waals surface area contributed by atoms with Gasteiger partial charge in [-0.05, 0) is 47.7 Å². The van der Waals surface area contributed by atoms with Gasteiger partial charge in [0.05, 0.1) is 22.9 Å². The van der Waals surface area contributed by atoms with E-state index in [9.17, 15) is 13.2 Å². The molecule has 0 aliphatic carbocycles. The maximum atomic E-state index is 12.0. The molecule has 0 spiro atoms. The molecule has 2 N–H and O–H groups in total. The van der Waals surface area contributed by atoms with Crippen molar-refractivity contribution < 1.29 is 18.3 Å². The average Bonchev–Trinajstić information content (AvgIpc) is 2.28. The van der Waals surface area contributed by atoms with Crippen molar-refractivity contribution in [1.82, 2.24) is 4.72 Å². The number of nitriles is 1. The maximum Gasteiger partial charge on any atom is 0.336 e. The summed E-state index contributed by atoms with van der Waals surface area (Å²) in [4.78, 5) is 10.8. The van der Waals surface area contributed by atoms with E-state index in [0.717, 1.165) is 6.07 Å². The van der Waals surface area contributed by atoms with Crippen molar-refractivity contribution in [3.8, 4) is 6.07 Å². The highest BCUT2D eigenvalue weighted by molar-refractivity contribution is 14.1. The number of halogens is 1. The fraction of sp³-hybridized carbons (Fsp3) is 0.273. The summed E-state index contributed by atoms with van der Waals surface area (Å²) in [6.45, 7) is 1.56.